The lowest BCUT2D eigenvalue weighted by atomic mass is 10.1. The number of carbonyl (C=O) groups excluding carboxylic acids is 2. The highest BCUT2D eigenvalue weighted by Gasteiger charge is 2.16. The lowest BCUT2D eigenvalue weighted by Gasteiger charge is -2.12. The first-order valence-electron chi connectivity index (χ1n) is 6.62. The molecule has 4 nitrogen and oxygen atoms in total. The average Bonchev–Trinajstić information content (AvgIpc) is 2.34. The normalized spacial score (nSPS) is 11.9. The number of ether oxygens (including phenoxy) is 1. The summed E-state index contributed by atoms with van der Waals surface area (Å²) in [5.74, 6) is -0.326. The molecule has 0 heterocycles. The van der Waals surface area contributed by atoms with Gasteiger partial charge < -0.3 is 10.1 Å². The molecule has 1 amide bonds. The van der Waals surface area contributed by atoms with Gasteiger partial charge in [-0.2, -0.15) is 0 Å². The van der Waals surface area contributed by atoms with Gasteiger partial charge in [0, 0.05) is 0 Å². The van der Waals surface area contributed by atoms with Crippen molar-refractivity contribution in [2.45, 2.75) is 64.8 Å². The van der Waals surface area contributed by atoms with Gasteiger partial charge in [-0.15, -0.1) is 0 Å². The van der Waals surface area contributed by atoms with Crippen LogP contribution in [-0.2, 0) is 14.3 Å². The number of nitrogens with one attached hydrogen (secondary N) is 1. The standard InChI is InChI=1S/C13H25NO3/c1-3-5-6-7-8-9-10-17-13(16)12(4-2)14-11-15/h11-12H,3-10H2,1-2H3,(H,14,15). The molecule has 1 N–H and O–H groups in total. The fraction of sp³-hybridized carbons (Fsp3) is 0.846. The van der Waals surface area contributed by atoms with Crippen molar-refractivity contribution >= 4 is 12.4 Å². The van der Waals surface area contributed by atoms with Crippen LogP contribution >= 0.6 is 0 Å². The molecule has 1 atom stereocenters. The Hall–Kier alpha value is -1.06. The Morgan fingerprint density at radius 3 is 2.41 bits per heavy atom. The van der Waals surface area contributed by atoms with E-state index in [-0.39, 0.29) is 5.97 Å². The Morgan fingerprint density at radius 2 is 1.82 bits per heavy atom. The molecule has 0 aliphatic rings. The topological polar surface area (TPSA) is 55.4 Å². The summed E-state index contributed by atoms with van der Waals surface area (Å²) in [6, 6.07) is -0.493. The van der Waals surface area contributed by atoms with Gasteiger partial charge in [-0.05, 0) is 12.8 Å². The van der Waals surface area contributed by atoms with E-state index in [1.807, 2.05) is 6.92 Å². The van der Waals surface area contributed by atoms with Crippen LogP contribution in [0.5, 0.6) is 0 Å². The lowest BCUT2D eigenvalue weighted by Crippen LogP contribution is -2.36. The first-order valence-corrected chi connectivity index (χ1v) is 6.62. The number of hydrogen-bond acceptors (Lipinski definition) is 3. The summed E-state index contributed by atoms with van der Waals surface area (Å²) < 4.78 is 5.09. The third kappa shape index (κ3) is 8.72. The predicted octanol–water partition coefficient (Wildman–Crippen LogP) is 2.41. The zero-order valence-corrected chi connectivity index (χ0v) is 11.0. The van der Waals surface area contributed by atoms with Gasteiger partial charge in [0.05, 0.1) is 6.61 Å². The quantitative estimate of drug-likeness (QED) is 0.344. The lowest BCUT2D eigenvalue weighted by molar-refractivity contribution is -0.147. The Morgan fingerprint density at radius 1 is 1.18 bits per heavy atom. The molecular weight excluding hydrogens is 218 g/mol. The van der Waals surface area contributed by atoms with Crippen molar-refractivity contribution < 1.29 is 14.3 Å². The molecule has 4 heteroatoms. The number of hydrogen-bond donors (Lipinski definition) is 1. The molecule has 17 heavy (non-hydrogen) atoms. The van der Waals surface area contributed by atoms with Gasteiger partial charge in [-0.1, -0.05) is 46.0 Å². The Kier molecular flexibility index (Phi) is 10.7. The Balaban J connectivity index is 3.46. The van der Waals surface area contributed by atoms with E-state index in [0.717, 1.165) is 12.8 Å². The molecule has 0 fully saturated rings. The van der Waals surface area contributed by atoms with Crippen LogP contribution < -0.4 is 5.32 Å². The van der Waals surface area contributed by atoms with E-state index in [1.165, 1.54) is 25.7 Å². The summed E-state index contributed by atoms with van der Waals surface area (Å²) in [6.07, 6.45) is 8.10. The van der Waals surface area contributed by atoms with Gasteiger partial charge in [0.15, 0.2) is 0 Å². The van der Waals surface area contributed by atoms with E-state index in [4.69, 9.17) is 4.74 Å². The van der Waals surface area contributed by atoms with Crippen LogP contribution in [0.3, 0.4) is 0 Å². The zero-order valence-electron chi connectivity index (χ0n) is 11.0. The van der Waals surface area contributed by atoms with E-state index in [0.29, 0.717) is 19.4 Å². The first kappa shape index (κ1) is 15.9. The Bertz CT molecular complexity index is 207. The van der Waals surface area contributed by atoms with E-state index in [9.17, 15) is 9.59 Å². The van der Waals surface area contributed by atoms with Crippen LogP contribution in [0.25, 0.3) is 0 Å². The second-order valence-electron chi connectivity index (χ2n) is 4.18. The smallest absolute Gasteiger partial charge is 0.328 e. The summed E-state index contributed by atoms with van der Waals surface area (Å²) in [7, 11) is 0. The maximum atomic E-state index is 11.5. The fourth-order valence-electron chi connectivity index (χ4n) is 1.59. The molecule has 100 valence electrons. The number of rotatable bonds is 11. The molecule has 0 spiro atoms. The van der Waals surface area contributed by atoms with Crippen molar-refractivity contribution in [1.82, 2.24) is 5.32 Å². The molecular formula is C13H25NO3. The Labute approximate surface area is 104 Å². The van der Waals surface area contributed by atoms with E-state index >= 15 is 0 Å². The van der Waals surface area contributed by atoms with Gasteiger partial charge in [0.2, 0.25) is 6.41 Å². The van der Waals surface area contributed by atoms with Gasteiger partial charge in [0.25, 0.3) is 0 Å². The maximum Gasteiger partial charge on any atom is 0.328 e. The highest BCUT2D eigenvalue weighted by molar-refractivity contribution is 5.78. The predicted molar refractivity (Wildman–Crippen MR) is 67.6 cm³/mol. The highest BCUT2D eigenvalue weighted by atomic mass is 16.5. The zero-order chi connectivity index (χ0) is 12.9. The minimum atomic E-state index is -0.493. The van der Waals surface area contributed by atoms with Crippen molar-refractivity contribution in [2.24, 2.45) is 0 Å². The largest absolute Gasteiger partial charge is 0.464 e. The molecule has 0 saturated carbocycles. The summed E-state index contributed by atoms with van der Waals surface area (Å²) in [5.41, 5.74) is 0. The first-order chi connectivity index (χ1) is 8.26. The highest BCUT2D eigenvalue weighted by Crippen LogP contribution is 2.05. The van der Waals surface area contributed by atoms with Crippen molar-refractivity contribution in [3.63, 3.8) is 0 Å². The molecule has 0 aromatic rings. The second-order valence-corrected chi connectivity index (χ2v) is 4.18. The van der Waals surface area contributed by atoms with Gasteiger partial charge in [-0.25, -0.2) is 4.79 Å². The van der Waals surface area contributed by atoms with Crippen LogP contribution in [-0.4, -0.2) is 25.0 Å². The SMILES string of the molecule is CCCCCCCCOC(=O)C(CC)NC=O. The second kappa shape index (κ2) is 11.4. The number of unbranched alkanes of at least 4 members (excludes halogenated alkanes) is 5. The van der Waals surface area contributed by atoms with Crippen molar-refractivity contribution in [3.8, 4) is 0 Å². The number of esters is 1. The van der Waals surface area contributed by atoms with E-state index < -0.39 is 6.04 Å². The molecule has 0 bridgehead atoms. The fourth-order valence-corrected chi connectivity index (χ4v) is 1.59. The molecule has 0 aromatic heterocycles. The average molecular weight is 243 g/mol. The van der Waals surface area contributed by atoms with Crippen molar-refractivity contribution in [2.75, 3.05) is 6.61 Å². The van der Waals surface area contributed by atoms with Crippen LogP contribution in [0.15, 0.2) is 0 Å². The summed E-state index contributed by atoms with van der Waals surface area (Å²) >= 11 is 0. The van der Waals surface area contributed by atoms with Gasteiger partial charge in [0.1, 0.15) is 6.04 Å². The molecule has 0 aliphatic heterocycles. The summed E-state index contributed by atoms with van der Waals surface area (Å²) in [5, 5.41) is 2.45. The number of amides is 1. The molecule has 0 rings (SSSR count). The third-order valence-electron chi connectivity index (χ3n) is 2.70. The van der Waals surface area contributed by atoms with Crippen LogP contribution in [0.2, 0.25) is 0 Å². The molecule has 1 unspecified atom stereocenters. The minimum Gasteiger partial charge on any atom is -0.464 e. The van der Waals surface area contributed by atoms with Crippen molar-refractivity contribution in [1.29, 1.82) is 0 Å². The van der Waals surface area contributed by atoms with Gasteiger partial charge in [-0.3, -0.25) is 4.79 Å². The number of carbonyl (C=O) groups is 2. The van der Waals surface area contributed by atoms with Crippen LogP contribution in [0, 0.1) is 0 Å². The van der Waals surface area contributed by atoms with E-state index in [2.05, 4.69) is 12.2 Å². The monoisotopic (exact) mass is 243 g/mol. The third-order valence-corrected chi connectivity index (χ3v) is 2.70. The summed E-state index contributed by atoms with van der Waals surface area (Å²) in [4.78, 5) is 21.7. The van der Waals surface area contributed by atoms with Crippen molar-refractivity contribution in [3.05, 3.63) is 0 Å². The van der Waals surface area contributed by atoms with Crippen LogP contribution in [0.4, 0.5) is 0 Å². The minimum absolute atomic E-state index is 0.326. The molecule has 0 radical (unpaired) electrons. The van der Waals surface area contributed by atoms with E-state index in [1.54, 1.807) is 0 Å². The van der Waals surface area contributed by atoms with Gasteiger partial charge >= 0.3 is 5.97 Å². The van der Waals surface area contributed by atoms with Crippen LogP contribution in [0.1, 0.15) is 58.8 Å². The summed E-state index contributed by atoms with van der Waals surface area (Å²) in [6.45, 7) is 4.49. The maximum absolute atomic E-state index is 11.5. The molecule has 0 aliphatic carbocycles. The molecule has 0 aromatic carbocycles. The molecule has 0 saturated heterocycles.